The molecule has 19 heavy (non-hydrogen) atoms. The first-order chi connectivity index (χ1) is 9.17. The topological polar surface area (TPSA) is 71.2 Å². The highest BCUT2D eigenvalue weighted by Crippen LogP contribution is 2.30. The van der Waals surface area contributed by atoms with E-state index in [0.717, 1.165) is 30.8 Å². The molecule has 1 aliphatic rings. The highest BCUT2D eigenvalue weighted by Gasteiger charge is 2.27. The van der Waals surface area contributed by atoms with Gasteiger partial charge in [0.05, 0.1) is 10.9 Å². The first-order valence-electron chi connectivity index (χ1n) is 6.47. The number of halogens is 1. The molecule has 0 aromatic carbocycles. The molecule has 1 aliphatic heterocycles. The monoisotopic (exact) mass is 282 g/mol. The minimum atomic E-state index is -0.00171. The third-order valence-electron chi connectivity index (χ3n) is 3.51. The minimum Gasteiger partial charge on any atom is -0.359 e. The van der Waals surface area contributed by atoms with E-state index in [4.69, 9.17) is 17.3 Å². The summed E-state index contributed by atoms with van der Waals surface area (Å²) in [5.41, 5.74) is 6.53. The van der Waals surface area contributed by atoms with Crippen LogP contribution in [0.2, 0.25) is 5.02 Å². The summed E-state index contributed by atoms with van der Waals surface area (Å²) >= 11 is 6.32. The minimum absolute atomic E-state index is 0.00171. The molecule has 2 rings (SSSR count). The first kappa shape index (κ1) is 14.1. The van der Waals surface area contributed by atoms with E-state index in [0.29, 0.717) is 18.1 Å². The summed E-state index contributed by atoms with van der Waals surface area (Å²) < 4.78 is 0. The smallest absolute Gasteiger partial charge is 0.224 e. The molecule has 2 heterocycles. The van der Waals surface area contributed by atoms with Crippen molar-refractivity contribution in [2.45, 2.75) is 19.4 Å². The quantitative estimate of drug-likeness (QED) is 0.873. The standard InChI is InChI=1S/C13H19ClN4O/c1-16-13(19)10-3-2-6-18(8-10)12-11(14)9(7-15)4-5-17-12/h4-5,10H,2-3,6-8,15H2,1H3,(H,16,19). The SMILES string of the molecule is CNC(=O)C1CCCN(c2nccc(CN)c2Cl)C1. The van der Waals surface area contributed by atoms with Gasteiger partial charge in [-0.3, -0.25) is 4.79 Å². The zero-order valence-corrected chi connectivity index (χ0v) is 11.8. The maximum atomic E-state index is 11.7. The van der Waals surface area contributed by atoms with Crippen LogP contribution in [0.15, 0.2) is 12.3 Å². The van der Waals surface area contributed by atoms with Gasteiger partial charge in [0.1, 0.15) is 5.82 Å². The molecule has 104 valence electrons. The van der Waals surface area contributed by atoms with Gasteiger partial charge in [-0.1, -0.05) is 11.6 Å². The fourth-order valence-corrected chi connectivity index (χ4v) is 2.75. The summed E-state index contributed by atoms with van der Waals surface area (Å²) in [6, 6.07) is 1.83. The van der Waals surface area contributed by atoms with Crippen LogP contribution in [0, 0.1) is 5.92 Å². The molecule has 0 aliphatic carbocycles. The van der Waals surface area contributed by atoms with E-state index < -0.39 is 0 Å². The van der Waals surface area contributed by atoms with Gasteiger partial charge in [-0.15, -0.1) is 0 Å². The van der Waals surface area contributed by atoms with Crippen LogP contribution in [0.1, 0.15) is 18.4 Å². The summed E-state index contributed by atoms with van der Waals surface area (Å²) in [6.45, 7) is 1.91. The number of carbonyl (C=O) groups is 1. The fraction of sp³-hybridized carbons (Fsp3) is 0.538. The maximum Gasteiger partial charge on any atom is 0.224 e. The van der Waals surface area contributed by atoms with Crippen molar-refractivity contribution in [1.82, 2.24) is 10.3 Å². The van der Waals surface area contributed by atoms with Crippen LogP contribution in [0.4, 0.5) is 5.82 Å². The highest BCUT2D eigenvalue weighted by atomic mass is 35.5. The zero-order chi connectivity index (χ0) is 13.8. The van der Waals surface area contributed by atoms with Gasteiger partial charge in [0, 0.05) is 32.9 Å². The van der Waals surface area contributed by atoms with Gasteiger partial charge in [0.2, 0.25) is 5.91 Å². The normalized spacial score (nSPS) is 19.3. The van der Waals surface area contributed by atoms with E-state index in [1.807, 2.05) is 6.07 Å². The van der Waals surface area contributed by atoms with E-state index in [1.54, 1.807) is 13.2 Å². The summed E-state index contributed by atoms with van der Waals surface area (Å²) in [5.74, 6) is 0.812. The second kappa shape index (κ2) is 6.21. The average Bonchev–Trinajstić information content (AvgIpc) is 2.46. The Morgan fingerprint density at radius 1 is 1.68 bits per heavy atom. The molecular formula is C13H19ClN4O. The number of rotatable bonds is 3. The van der Waals surface area contributed by atoms with E-state index in [-0.39, 0.29) is 11.8 Å². The number of piperidine rings is 1. The largest absolute Gasteiger partial charge is 0.359 e. The van der Waals surface area contributed by atoms with Gasteiger partial charge in [0.25, 0.3) is 0 Å². The Hall–Kier alpha value is -1.33. The molecule has 0 spiro atoms. The Morgan fingerprint density at radius 3 is 3.16 bits per heavy atom. The second-order valence-electron chi connectivity index (χ2n) is 4.71. The Labute approximate surface area is 118 Å². The number of hydrogen-bond donors (Lipinski definition) is 2. The molecule has 6 heteroatoms. The van der Waals surface area contributed by atoms with E-state index in [1.165, 1.54) is 0 Å². The molecule has 0 radical (unpaired) electrons. The summed E-state index contributed by atoms with van der Waals surface area (Å²) in [5, 5.41) is 3.30. The van der Waals surface area contributed by atoms with E-state index >= 15 is 0 Å². The molecule has 0 bridgehead atoms. The van der Waals surface area contributed by atoms with Crippen molar-refractivity contribution in [2.75, 3.05) is 25.0 Å². The van der Waals surface area contributed by atoms with Crippen LogP contribution in [0.5, 0.6) is 0 Å². The number of nitrogens with two attached hydrogens (primary N) is 1. The van der Waals surface area contributed by atoms with Gasteiger partial charge in [-0.25, -0.2) is 4.98 Å². The van der Waals surface area contributed by atoms with Crippen molar-refractivity contribution in [1.29, 1.82) is 0 Å². The maximum absolute atomic E-state index is 11.7. The Kier molecular flexibility index (Phi) is 4.61. The summed E-state index contributed by atoms with van der Waals surface area (Å²) in [4.78, 5) is 18.2. The first-order valence-corrected chi connectivity index (χ1v) is 6.85. The predicted octanol–water partition coefficient (Wildman–Crippen LogP) is 1.16. The molecule has 1 fully saturated rings. The van der Waals surface area contributed by atoms with Crippen molar-refractivity contribution < 1.29 is 4.79 Å². The van der Waals surface area contributed by atoms with Gasteiger partial charge in [-0.05, 0) is 24.5 Å². The number of nitrogens with one attached hydrogen (secondary N) is 1. The van der Waals surface area contributed by atoms with Gasteiger partial charge in [0.15, 0.2) is 0 Å². The highest BCUT2D eigenvalue weighted by molar-refractivity contribution is 6.33. The van der Waals surface area contributed by atoms with Crippen LogP contribution in [-0.4, -0.2) is 31.0 Å². The van der Waals surface area contributed by atoms with Crippen LogP contribution >= 0.6 is 11.6 Å². The Balaban J connectivity index is 2.20. The molecule has 1 aromatic heterocycles. The molecule has 5 nitrogen and oxygen atoms in total. The van der Waals surface area contributed by atoms with Crippen molar-refractivity contribution in [3.63, 3.8) is 0 Å². The van der Waals surface area contributed by atoms with Crippen LogP contribution in [0.3, 0.4) is 0 Å². The van der Waals surface area contributed by atoms with Crippen LogP contribution < -0.4 is 16.0 Å². The number of aromatic nitrogens is 1. The average molecular weight is 283 g/mol. The van der Waals surface area contributed by atoms with Gasteiger partial charge in [-0.2, -0.15) is 0 Å². The molecule has 1 saturated heterocycles. The molecule has 1 aromatic rings. The number of hydrogen-bond acceptors (Lipinski definition) is 4. The number of pyridine rings is 1. The lowest BCUT2D eigenvalue weighted by Crippen LogP contribution is -2.42. The molecule has 1 atom stereocenters. The molecule has 1 amide bonds. The van der Waals surface area contributed by atoms with Crippen LogP contribution in [0.25, 0.3) is 0 Å². The molecule has 1 unspecified atom stereocenters. The van der Waals surface area contributed by atoms with E-state index in [2.05, 4.69) is 15.2 Å². The van der Waals surface area contributed by atoms with Crippen molar-refractivity contribution >= 4 is 23.3 Å². The third-order valence-corrected chi connectivity index (χ3v) is 3.92. The number of carbonyl (C=O) groups excluding carboxylic acids is 1. The number of anilines is 1. The fourth-order valence-electron chi connectivity index (χ4n) is 2.44. The zero-order valence-electron chi connectivity index (χ0n) is 11.0. The summed E-state index contributed by atoms with van der Waals surface area (Å²) in [7, 11) is 1.67. The molecule has 3 N–H and O–H groups in total. The number of amides is 1. The van der Waals surface area contributed by atoms with Gasteiger partial charge >= 0.3 is 0 Å². The van der Waals surface area contributed by atoms with Crippen molar-refractivity contribution in [3.05, 3.63) is 22.8 Å². The van der Waals surface area contributed by atoms with Crippen LogP contribution in [-0.2, 0) is 11.3 Å². The molecular weight excluding hydrogens is 264 g/mol. The lowest BCUT2D eigenvalue weighted by molar-refractivity contribution is -0.124. The lowest BCUT2D eigenvalue weighted by atomic mass is 9.97. The summed E-state index contributed by atoms with van der Waals surface area (Å²) in [6.07, 6.45) is 3.58. The Bertz CT molecular complexity index is 466. The van der Waals surface area contributed by atoms with Gasteiger partial charge < -0.3 is 16.0 Å². The van der Waals surface area contributed by atoms with Crippen molar-refractivity contribution in [2.24, 2.45) is 11.7 Å². The predicted molar refractivity (Wildman–Crippen MR) is 76.1 cm³/mol. The number of nitrogens with zero attached hydrogens (tertiary/aromatic N) is 2. The lowest BCUT2D eigenvalue weighted by Gasteiger charge is -2.33. The Morgan fingerprint density at radius 2 is 2.47 bits per heavy atom. The van der Waals surface area contributed by atoms with Crippen molar-refractivity contribution in [3.8, 4) is 0 Å². The third kappa shape index (κ3) is 2.98. The van der Waals surface area contributed by atoms with E-state index in [9.17, 15) is 4.79 Å². The molecule has 0 saturated carbocycles. The second-order valence-corrected chi connectivity index (χ2v) is 5.09.